The highest BCUT2D eigenvalue weighted by molar-refractivity contribution is 5.92. The van der Waals surface area contributed by atoms with E-state index in [1.807, 2.05) is 26.8 Å². The van der Waals surface area contributed by atoms with Crippen molar-refractivity contribution in [2.45, 2.75) is 33.6 Å². The molecule has 4 heteroatoms. The van der Waals surface area contributed by atoms with Crippen LogP contribution in [-0.4, -0.2) is 18.5 Å². The van der Waals surface area contributed by atoms with E-state index in [2.05, 4.69) is 0 Å². The number of benzene rings is 1. The second-order valence-electron chi connectivity index (χ2n) is 4.60. The lowest BCUT2D eigenvalue weighted by atomic mass is 10.1. The summed E-state index contributed by atoms with van der Waals surface area (Å²) >= 11 is 0. The highest BCUT2D eigenvalue weighted by Gasteiger charge is 2.04. The molecule has 0 aromatic heterocycles. The number of unbranched alkanes of at least 4 members (excludes halogenated alkanes) is 1. The van der Waals surface area contributed by atoms with E-state index in [0.29, 0.717) is 12.4 Å². The predicted octanol–water partition coefficient (Wildman–Crippen LogP) is 3.11. The Morgan fingerprint density at radius 3 is 2.25 bits per heavy atom. The molecule has 0 N–H and O–H groups in total. The van der Waals surface area contributed by atoms with Crippen molar-refractivity contribution in [3.05, 3.63) is 41.5 Å². The molecule has 4 nitrogen and oxygen atoms in total. The van der Waals surface area contributed by atoms with Gasteiger partial charge in [0.05, 0.1) is 6.61 Å². The third-order valence-corrected chi connectivity index (χ3v) is 2.51. The molecular weight excluding hydrogens is 256 g/mol. The van der Waals surface area contributed by atoms with Crippen molar-refractivity contribution in [3.63, 3.8) is 0 Å². The van der Waals surface area contributed by atoms with Crippen LogP contribution < -0.4 is 4.74 Å². The van der Waals surface area contributed by atoms with Crippen LogP contribution in [0.4, 0.5) is 0 Å². The Bertz CT molecular complexity index is 483. The van der Waals surface area contributed by atoms with Crippen LogP contribution in [0.25, 0.3) is 0 Å². The molecule has 0 aliphatic carbocycles. The van der Waals surface area contributed by atoms with E-state index in [0.717, 1.165) is 36.1 Å². The molecule has 0 fully saturated rings. The summed E-state index contributed by atoms with van der Waals surface area (Å²) in [5.41, 5.74) is 2.02. The van der Waals surface area contributed by atoms with Gasteiger partial charge >= 0.3 is 11.9 Å². The van der Waals surface area contributed by atoms with Crippen molar-refractivity contribution in [2.75, 3.05) is 6.61 Å². The normalized spacial score (nSPS) is 10.6. The third kappa shape index (κ3) is 6.18. The van der Waals surface area contributed by atoms with E-state index in [1.165, 1.54) is 0 Å². The molecule has 0 amide bonds. The smallest absolute Gasteiger partial charge is 0.336 e. The summed E-state index contributed by atoms with van der Waals surface area (Å²) in [7, 11) is 0. The van der Waals surface area contributed by atoms with Crippen LogP contribution in [0.15, 0.2) is 30.4 Å². The van der Waals surface area contributed by atoms with E-state index >= 15 is 0 Å². The first kappa shape index (κ1) is 16.0. The van der Waals surface area contributed by atoms with E-state index in [1.54, 1.807) is 12.1 Å². The van der Waals surface area contributed by atoms with Crippen LogP contribution in [0.3, 0.4) is 0 Å². The topological polar surface area (TPSA) is 52.6 Å². The molecular formula is C16H20O4. The van der Waals surface area contributed by atoms with Gasteiger partial charge < -0.3 is 9.47 Å². The number of ether oxygens (including phenoxy) is 2. The minimum Gasteiger partial charge on any atom is -0.463 e. The molecule has 0 aliphatic heterocycles. The number of carbonyl (C=O) groups excluding carboxylic acids is 2. The minimum absolute atomic E-state index is 0.367. The fourth-order valence-electron chi connectivity index (χ4n) is 1.64. The van der Waals surface area contributed by atoms with Gasteiger partial charge in [0.15, 0.2) is 0 Å². The van der Waals surface area contributed by atoms with E-state index in [-0.39, 0.29) is 0 Å². The van der Waals surface area contributed by atoms with Crippen molar-refractivity contribution in [2.24, 2.45) is 0 Å². The Labute approximate surface area is 119 Å². The van der Waals surface area contributed by atoms with Gasteiger partial charge in [-0.05, 0) is 43.5 Å². The van der Waals surface area contributed by atoms with Crippen molar-refractivity contribution >= 4 is 11.9 Å². The monoisotopic (exact) mass is 276 g/mol. The van der Waals surface area contributed by atoms with Gasteiger partial charge in [-0.25, -0.2) is 9.59 Å². The number of rotatable bonds is 6. The molecule has 0 aliphatic rings. The first-order valence-electron chi connectivity index (χ1n) is 6.66. The Morgan fingerprint density at radius 1 is 1.05 bits per heavy atom. The van der Waals surface area contributed by atoms with Crippen LogP contribution in [0.5, 0.6) is 5.75 Å². The summed E-state index contributed by atoms with van der Waals surface area (Å²) in [4.78, 5) is 22.8. The lowest BCUT2D eigenvalue weighted by Crippen LogP contribution is -2.07. The first-order valence-corrected chi connectivity index (χ1v) is 6.66. The van der Waals surface area contributed by atoms with Crippen molar-refractivity contribution in [1.29, 1.82) is 0 Å². The van der Waals surface area contributed by atoms with Gasteiger partial charge in [-0.15, -0.1) is 0 Å². The molecule has 1 aromatic carbocycles. The number of esters is 2. The fraction of sp³-hybridized carbons (Fsp3) is 0.375. The van der Waals surface area contributed by atoms with Crippen molar-refractivity contribution < 1.29 is 19.1 Å². The van der Waals surface area contributed by atoms with Gasteiger partial charge in [-0.1, -0.05) is 19.4 Å². The Balaban J connectivity index is 2.48. The van der Waals surface area contributed by atoms with Crippen LogP contribution in [0.2, 0.25) is 0 Å². The van der Waals surface area contributed by atoms with Gasteiger partial charge in [-0.2, -0.15) is 0 Å². The quantitative estimate of drug-likeness (QED) is 0.347. The maximum absolute atomic E-state index is 11.6. The number of carbonyl (C=O) groups is 2. The molecule has 0 heterocycles. The van der Waals surface area contributed by atoms with Gasteiger partial charge in [0.1, 0.15) is 5.75 Å². The average Bonchev–Trinajstić information content (AvgIpc) is 2.35. The molecule has 20 heavy (non-hydrogen) atoms. The maximum atomic E-state index is 11.6. The SMILES string of the molecule is CCCCOC(=O)/C=C/C(=O)Oc1cc(C)cc(C)c1. The summed E-state index contributed by atoms with van der Waals surface area (Å²) < 4.78 is 10.0. The third-order valence-electron chi connectivity index (χ3n) is 2.51. The van der Waals surface area contributed by atoms with E-state index in [4.69, 9.17) is 9.47 Å². The Hall–Kier alpha value is -2.10. The Morgan fingerprint density at radius 2 is 1.65 bits per heavy atom. The molecule has 1 aromatic rings. The summed E-state index contributed by atoms with van der Waals surface area (Å²) in [5.74, 6) is -0.658. The molecule has 108 valence electrons. The zero-order chi connectivity index (χ0) is 15.0. The zero-order valence-corrected chi connectivity index (χ0v) is 12.1. The molecule has 0 radical (unpaired) electrons. The van der Waals surface area contributed by atoms with Crippen LogP contribution in [0.1, 0.15) is 30.9 Å². The molecule has 0 saturated heterocycles. The second-order valence-corrected chi connectivity index (χ2v) is 4.60. The lowest BCUT2D eigenvalue weighted by molar-refractivity contribution is -0.138. The highest BCUT2D eigenvalue weighted by Crippen LogP contribution is 2.16. The molecule has 1 rings (SSSR count). The minimum atomic E-state index is -0.595. The second kappa shape index (κ2) is 8.15. The molecule has 0 atom stereocenters. The standard InChI is InChI=1S/C16H20O4/c1-4-5-8-19-15(17)6-7-16(18)20-14-10-12(2)9-13(3)11-14/h6-7,9-11H,4-5,8H2,1-3H3/b7-6+. The lowest BCUT2D eigenvalue weighted by Gasteiger charge is -2.04. The van der Waals surface area contributed by atoms with Gasteiger partial charge in [-0.3, -0.25) is 0 Å². The van der Waals surface area contributed by atoms with E-state index < -0.39 is 11.9 Å². The molecule has 0 spiro atoms. The summed E-state index contributed by atoms with van der Waals surface area (Å²) in [6, 6.07) is 5.51. The van der Waals surface area contributed by atoms with Gasteiger partial charge in [0.2, 0.25) is 0 Å². The van der Waals surface area contributed by atoms with Crippen LogP contribution in [0, 0.1) is 13.8 Å². The average molecular weight is 276 g/mol. The molecule has 0 unspecified atom stereocenters. The van der Waals surface area contributed by atoms with E-state index in [9.17, 15) is 9.59 Å². The zero-order valence-electron chi connectivity index (χ0n) is 12.1. The van der Waals surface area contributed by atoms with Crippen LogP contribution >= 0.6 is 0 Å². The van der Waals surface area contributed by atoms with Crippen LogP contribution in [-0.2, 0) is 14.3 Å². The summed E-state index contributed by atoms with van der Waals surface area (Å²) in [6.07, 6.45) is 3.92. The number of hydrogen-bond acceptors (Lipinski definition) is 4. The summed E-state index contributed by atoms with van der Waals surface area (Å²) in [6.45, 7) is 6.22. The largest absolute Gasteiger partial charge is 0.463 e. The number of aryl methyl sites for hydroxylation is 2. The Kier molecular flexibility index (Phi) is 6.50. The van der Waals surface area contributed by atoms with Crippen molar-refractivity contribution in [3.8, 4) is 5.75 Å². The van der Waals surface area contributed by atoms with Gasteiger partial charge in [0.25, 0.3) is 0 Å². The van der Waals surface area contributed by atoms with Gasteiger partial charge in [0, 0.05) is 12.2 Å². The first-order chi connectivity index (χ1) is 9.51. The molecule has 0 saturated carbocycles. The number of hydrogen-bond donors (Lipinski definition) is 0. The fourth-order valence-corrected chi connectivity index (χ4v) is 1.64. The van der Waals surface area contributed by atoms with Crippen molar-refractivity contribution in [1.82, 2.24) is 0 Å². The highest BCUT2D eigenvalue weighted by atomic mass is 16.5. The summed E-state index contributed by atoms with van der Waals surface area (Å²) in [5, 5.41) is 0. The predicted molar refractivity (Wildman–Crippen MR) is 76.6 cm³/mol. The maximum Gasteiger partial charge on any atom is 0.336 e. The molecule has 0 bridgehead atoms.